The van der Waals surface area contributed by atoms with Crippen molar-refractivity contribution < 1.29 is 14.3 Å². The molecule has 1 amide bonds. The highest BCUT2D eigenvalue weighted by Crippen LogP contribution is 2.42. The summed E-state index contributed by atoms with van der Waals surface area (Å²) in [6.07, 6.45) is 6.45. The Morgan fingerprint density at radius 2 is 2.11 bits per heavy atom. The molecule has 0 radical (unpaired) electrons. The molecule has 0 saturated heterocycles. The normalized spacial score (nSPS) is 16.7. The molecule has 4 N–H and O–H groups in total. The molecular weight excluding hydrogens is 442 g/mol. The number of amides is 1. The molecule has 0 spiro atoms. The summed E-state index contributed by atoms with van der Waals surface area (Å²) in [6, 6.07) is 5.89. The molecule has 8 nitrogen and oxygen atoms in total. The van der Waals surface area contributed by atoms with Crippen LogP contribution in [0.15, 0.2) is 29.4 Å². The lowest BCUT2D eigenvalue weighted by Gasteiger charge is -2.17. The quantitative estimate of drug-likeness (QED) is 0.377. The first-order valence-electron chi connectivity index (χ1n) is 12.0. The van der Waals surface area contributed by atoms with Gasteiger partial charge in [-0.2, -0.15) is 0 Å². The molecule has 4 rings (SSSR count). The number of aromatic nitrogens is 1. The second-order valence-corrected chi connectivity index (χ2v) is 9.82. The molecule has 1 aliphatic heterocycles. The summed E-state index contributed by atoms with van der Waals surface area (Å²) >= 11 is 0. The fraction of sp³-hybridized carbons (Fsp3) is 0.444. The van der Waals surface area contributed by atoms with Crippen molar-refractivity contribution >= 4 is 23.4 Å². The number of benzene rings is 1. The lowest BCUT2D eigenvalue weighted by Crippen LogP contribution is -2.26. The first kappa shape index (κ1) is 24.6. The summed E-state index contributed by atoms with van der Waals surface area (Å²) in [5.41, 5.74) is 11.7. The van der Waals surface area contributed by atoms with Gasteiger partial charge in [0, 0.05) is 60.2 Å². The summed E-state index contributed by atoms with van der Waals surface area (Å²) in [4.78, 5) is 22.3. The van der Waals surface area contributed by atoms with Crippen LogP contribution in [-0.2, 0) is 11.8 Å². The van der Waals surface area contributed by atoms with E-state index in [9.17, 15) is 4.79 Å². The molecule has 1 aliphatic carbocycles. The van der Waals surface area contributed by atoms with E-state index in [-0.39, 0.29) is 11.3 Å². The molecular formula is C27H35N5O3. The van der Waals surface area contributed by atoms with Gasteiger partial charge in [0.1, 0.15) is 17.2 Å². The Kier molecular flexibility index (Phi) is 7.00. The molecule has 0 bridgehead atoms. The molecule has 1 aromatic heterocycles. The highest BCUT2D eigenvalue weighted by atomic mass is 16.5. The van der Waals surface area contributed by atoms with Gasteiger partial charge in [0.25, 0.3) is 5.91 Å². The molecule has 0 atom stereocenters. The van der Waals surface area contributed by atoms with Crippen molar-refractivity contribution in [1.29, 1.82) is 0 Å². The van der Waals surface area contributed by atoms with Gasteiger partial charge in [0.2, 0.25) is 0 Å². The number of hydrogen-bond acceptors (Lipinski definition) is 7. The highest BCUT2D eigenvalue weighted by molar-refractivity contribution is 5.99. The Hall–Kier alpha value is -3.55. The Labute approximate surface area is 207 Å². The summed E-state index contributed by atoms with van der Waals surface area (Å²) in [7, 11) is 3.41. The topological polar surface area (TPSA) is 111 Å². The molecule has 186 valence electrons. The van der Waals surface area contributed by atoms with Crippen molar-refractivity contribution in [3.8, 4) is 11.5 Å². The van der Waals surface area contributed by atoms with Crippen molar-refractivity contribution in [1.82, 2.24) is 15.6 Å². The van der Waals surface area contributed by atoms with Crippen molar-refractivity contribution in [2.75, 3.05) is 33.0 Å². The van der Waals surface area contributed by atoms with Crippen LogP contribution < -0.4 is 25.8 Å². The number of ether oxygens (including phenoxy) is 2. The van der Waals surface area contributed by atoms with E-state index >= 15 is 0 Å². The minimum Gasteiger partial charge on any atom is -0.495 e. The fourth-order valence-electron chi connectivity index (χ4n) is 4.12. The fourth-order valence-corrected chi connectivity index (χ4v) is 4.12. The first-order valence-corrected chi connectivity index (χ1v) is 12.0. The van der Waals surface area contributed by atoms with Crippen LogP contribution in [0.4, 0.5) is 5.69 Å². The molecule has 1 saturated carbocycles. The summed E-state index contributed by atoms with van der Waals surface area (Å²) in [5, 5.41) is 6.07. The van der Waals surface area contributed by atoms with Gasteiger partial charge in [-0.3, -0.25) is 9.79 Å². The van der Waals surface area contributed by atoms with Crippen LogP contribution in [0.2, 0.25) is 0 Å². The second kappa shape index (κ2) is 9.98. The molecule has 1 fully saturated rings. The van der Waals surface area contributed by atoms with Crippen LogP contribution >= 0.6 is 0 Å². The van der Waals surface area contributed by atoms with Crippen LogP contribution in [0.1, 0.15) is 66.5 Å². The molecule has 35 heavy (non-hydrogen) atoms. The standard InChI is InChI=1S/C27H35N5O3/c1-16(13-29-4)24-25-21(27(2,3)15-35-25)12-20(32-24)8-9-30-26(33)17-10-18(14-31-19-6-7-19)23(28)22(11-17)34-5/h10-14,19,29H,6-9,15,28H2,1-5H3,(H,30,33)/b16-13+,31-14?. The van der Waals surface area contributed by atoms with Gasteiger partial charge in [-0.1, -0.05) is 13.8 Å². The molecule has 8 heteroatoms. The van der Waals surface area contributed by atoms with E-state index in [2.05, 4.69) is 35.5 Å². The number of carbonyl (C=O) groups excluding carboxylic acids is 1. The van der Waals surface area contributed by atoms with E-state index in [1.165, 1.54) is 0 Å². The minimum atomic E-state index is -0.194. The average molecular weight is 478 g/mol. The van der Waals surface area contributed by atoms with Gasteiger partial charge in [-0.05, 0) is 43.5 Å². The molecule has 2 aromatic rings. The van der Waals surface area contributed by atoms with Gasteiger partial charge >= 0.3 is 0 Å². The van der Waals surface area contributed by atoms with Gasteiger partial charge in [-0.15, -0.1) is 0 Å². The Bertz CT molecular complexity index is 1180. The zero-order chi connectivity index (χ0) is 25.2. The molecule has 2 aliphatic rings. The summed E-state index contributed by atoms with van der Waals surface area (Å²) in [6.45, 7) is 7.42. The highest BCUT2D eigenvalue weighted by Gasteiger charge is 2.35. The van der Waals surface area contributed by atoms with E-state index in [4.69, 9.17) is 20.2 Å². The van der Waals surface area contributed by atoms with Crippen molar-refractivity contribution in [3.05, 3.63) is 52.5 Å². The van der Waals surface area contributed by atoms with E-state index < -0.39 is 0 Å². The zero-order valence-corrected chi connectivity index (χ0v) is 21.2. The van der Waals surface area contributed by atoms with E-state index in [1.807, 2.05) is 20.2 Å². The Balaban J connectivity index is 1.50. The summed E-state index contributed by atoms with van der Waals surface area (Å²) < 4.78 is 11.4. The lowest BCUT2D eigenvalue weighted by molar-refractivity contribution is 0.0953. The third kappa shape index (κ3) is 5.42. The monoisotopic (exact) mass is 477 g/mol. The van der Waals surface area contributed by atoms with Crippen LogP contribution in [0, 0.1) is 0 Å². The molecule has 1 aromatic carbocycles. The number of anilines is 1. The largest absolute Gasteiger partial charge is 0.495 e. The SMILES string of the molecule is CN/C=C(\C)c1nc(CCNC(=O)c2cc(C=NC3CC3)c(N)c(OC)c2)cc2c1OCC2(C)C. The number of hydrogen-bond donors (Lipinski definition) is 3. The van der Waals surface area contributed by atoms with Gasteiger partial charge < -0.3 is 25.8 Å². The number of fused-ring (bicyclic) bond motifs is 1. The number of carbonyl (C=O) groups is 1. The molecule has 2 heterocycles. The van der Waals surface area contributed by atoms with Crippen LogP contribution in [-0.4, -0.2) is 50.5 Å². The number of methoxy groups -OCH3 is 1. The van der Waals surface area contributed by atoms with Crippen molar-refractivity contribution in [3.63, 3.8) is 0 Å². The maximum Gasteiger partial charge on any atom is 0.251 e. The van der Waals surface area contributed by atoms with Crippen molar-refractivity contribution in [2.45, 2.75) is 51.5 Å². The van der Waals surface area contributed by atoms with Gasteiger partial charge in [0.15, 0.2) is 0 Å². The zero-order valence-electron chi connectivity index (χ0n) is 21.2. The number of nitrogens with one attached hydrogen (secondary N) is 2. The number of allylic oxidation sites excluding steroid dienone is 1. The third-order valence-corrected chi connectivity index (χ3v) is 6.36. The summed E-state index contributed by atoms with van der Waals surface area (Å²) in [5.74, 6) is 1.12. The van der Waals surface area contributed by atoms with E-state index in [0.29, 0.717) is 48.2 Å². The number of nitrogen functional groups attached to an aromatic ring is 1. The predicted octanol–water partition coefficient (Wildman–Crippen LogP) is 3.48. The average Bonchev–Trinajstić information content (AvgIpc) is 3.61. The third-order valence-electron chi connectivity index (χ3n) is 6.36. The van der Waals surface area contributed by atoms with Crippen LogP contribution in [0.3, 0.4) is 0 Å². The number of pyridine rings is 1. The van der Waals surface area contributed by atoms with E-state index in [0.717, 1.165) is 41.1 Å². The van der Waals surface area contributed by atoms with Gasteiger partial charge in [-0.25, -0.2) is 4.98 Å². The van der Waals surface area contributed by atoms with Crippen LogP contribution in [0.25, 0.3) is 5.57 Å². The lowest BCUT2D eigenvalue weighted by atomic mass is 9.86. The Morgan fingerprint density at radius 1 is 1.34 bits per heavy atom. The first-order chi connectivity index (χ1) is 16.7. The Morgan fingerprint density at radius 3 is 2.80 bits per heavy atom. The number of aliphatic imine (C=N–C) groups is 1. The number of nitrogens with two attached hydrogens (primary N) is 1. The maximum absolute atomic E-state index is 13.0. The van der Waals surface area contributed by atoms with E-state index in [1.54, 1.807) is 25.5 Å². The minimum absolute atomic E-state index is 0.0934. The number of rotatable bonds is 9. The predicted molar refractivity (Wildman–Crippen MR) is 140 cm³/mol. The molecule has 0 unspecified atom stereocenters. The maximum atomic E-state index is 13.0. The van der Waals surface area contributed by atoms with Gasteiger partial charge in [0.05, 0.1) is 25.4 Å². The van der Waals surface area contributed by atoms with Crippen LogP contribution in [0.5, 0.6) is 11.5 Å². The second-order valence-electron chi connectivity index (χ2n) is 9.82. The smallest absolute Gasteiger partial charge is 0.251 e. The number of nitrogens with zero attached hydrogens (tertiary/aromatic N) is 2. The van der Waals surface area contributed by atoms with Crippen molar-refractivity contribution in [2.24, 2.45) is 4.99 Å².